The van der Waals surface area contributed by atoms with Gasteiger partial charge < -0.3 is 24.0 Å². The first-order valence-electron chi connectivity index (χ1n) is 15.5. The number of rotatable bonds is 16. The van der Waals surface area contributed by atoms with Crippen molar-refractivity contribution in [2.24, 2.45) is 29.6 Å². The topological polar surface area (TPSA) is 79.2 Å². The Balaban J connectivity index is 6.17. The lowest BCUT2D eigenvalue weighted by molar-refractivity contribution is -0.140. The Morgan fingerprint density at radius 2 is 1.32 bits per heavy atom. The quantitative estimate of drug-likeness (QED) is 0.139. The van der Waals surface area contributed by atoms with E-state index < -0.39 is 34.8 Å². The molecule has 0 radical (unpaired) electrons. The molecule has 6 nitrogen and oxygen atoms in total. The summed E-state index contributed by atoms with van der Waals surface area (Å²) in [5, 5.41) is 21.4. The van der Waals surface area contributed by atoms with Crippen LogP contribution in [0.25, 0.3) is 0 Å². The molecule has 0 aromatic heterocycles. The van der Waals surface area contributed by atoms with Crippen molar-refractivity contribution in [1.82, 2.24) is 4.90 Å². The highest BCUT2D eigenvalue weighted by molar-refractivity contribution is 6.74. The minimum Gasteiger partial charge on any atom is -0.413 e. The number of allylic oxidation sites excluding steroid dienone is 2. The van der Waals surface area contributed by atoms with E-state index in [-0.39, 0.29) is 52.4 Å². The Kier molecular flexibility index (Phi) is 15.5. The Morgan fingerprint density at radius 1 is 0.878 bits per heavy atom. The van der Waals surface area contributed by atoms with Crippen molar-refractivity contribution >= 4 is 22.5 Å². The summed E-state index contributed by atoms with van der Waals surface area (Å²) in [5.41, 5.74) is 0. The predicted octanol–water partition coefficient (Wildman–Crippen LogP) is 7.50. The molecule has 0 bridgehead atoms. The molecule has 2 N–H and O–H groups in total. The van der Waals surface area contributed by atoms with Crippen molar-refractivity contribution in [1.29, 1.82) is 0 Å². The zero-order valence-corrected chi connectivity index (χ0v) is 31.5. The summed E-state index contributed by atoms with van der Waals surface area (Å²) < 4.78 is 13.7. The van der Waals surface area contributed by atoms with Gasteiger partial charge in [-0.25, -0.2) is 0 Å². The van der Waals surface area contributed by atoms with Gasteiger partial charge in [-0.2, -0.15) is 0 Å². The number of amides is 1. The van der Waals surface area contributed by atoms with Gasteiger partial charge in [0.1, 0.15) is 0 Å². The van der Waals surface area contributed by atoms with Crippen LogP contribution in [0.15, 0.2) is 24.8 Å². The second-order valence-electron chi connectivity index (χ2n) is 15.7. The molecule has 0 spiro atoms. The van der Waals surface area contributed by atoms with E-state index in [1.54, 1.807) is 11.0 Å². The van der Waals surface area contributed by atoms with Gasteiger partial charge in [-0.05, 0) is 42.2 Å². The van der Waals surface area contributed by atoms with E-state index in [4.69, 9.17) is 8.85 Å². The number of hydrogen-bond acceptors (Lipinski definition) is 5. The first-order chi connectivity index (χ1) is 18.4. The fraction of sp³-hybridized carbons (Fsp3) is 0.848. The zero-order valence-electron chi connectivity index (χ0n) is 29.5. The van der Waals surface area contributed by atoms with Crippen LogP contribution < -0.4 is 0 Å². The SMILES string of the molecule is C=CC=C[C@H](C)[C@H](O)[C@@H](C)[C@H](O[Si](C)(C)C(C)(C)C)[C@@H](C)C(=O)N(C)C[C@H](C)[C@@H](O[Si](C)(C)C(C)(C)C)[C@@H](C)CO. The van der Waals surface area contributed by atoms with Crippen LogP contribution in [0.1, 0.15) is 76.2 Å². The van der Waals surface area contributed by atoms with E-state index in [1.807, 2.05) is 46.9 Å². The molecule has 0 rings (SSSR count). The van der Waals surface area contributed by atoms with Crippen LogP contribution in [0.2, 0.25) is 36.3 Å². The van der Waals surface area contributed by atoms with Crippen LogP contribution in [-0.4, -0.2) is 76.2 Å². The lowest BCUT2D eigenvalue weighted by Gasteiger charge is -2.45. The normalized spacial score (nSPS) is 19.7. The van der Waals surface area contributed by atoms with Crippen LogP contribution in [0.5, 0.6) is 0 Å². The molecule has 0 aliphatic rings. The van der Waals surface area contributed by atoms with E-state index in [0.29, 0.717) is 6.54 Å². The minimum atomic E-state index is -2.25. The molecule has 0 heterocycles. The zero-order chi connectivity index (χ0) is 32.7. The van der Waals surface area contributed by atoms with Gasteiger partial charge in [0.05, 0.1) is 24.2 Å². The fourth-order valence-corrected chi connectivity index (χ4v) is 7.70. The molecule has 0 saturated heterocycles. The molecule has 41 heavy (non-hydrogen) atoms. The molecule has 8 atom stereocenters. The van der Waals surface area contributed by atoms with Crippen molar-refractivity contribution in [3.63, 3.8) is 0 Å². The van der Waals surface area contributed by atoms with Crippen molar-refractivity contribution in [3.05, 3.63) is 24.8 Å². The lowest BCUT2D eigenvalue weighted by atomic mass is 9.83. The average molecular weight is 614 g/mol. The number of nitrogens with zero attached hydrogens (tertiary/aromatic N) is 1. The number of carbonyl (C=O) groups is 1. The number of aliphatic hydroxyl groups excluding tert-OH is 2. The largest absolute Gasteiger partial charge is 0.413 e. The van der Waals surface area contributed by atoms with Gasteiger partial charge in [0.2, 0.25) is 5.91 Å². The molecular weight excluding hydrogens is 547 g/mol. The van der Waals surface area contributed by atoms with Crippen LogP contribution in [-0.2, 0) is 13.6 Å². The van der Waals surface area contributed by atoms with Crippen molar-refractivity contribution in [3.8, 4) is 0 Å². The Hall–Kier alpha value is -0.776. The van der Waals surface area contributed by atoms with Crippen LogP contribution in [0.4, 0.5) is 0 Å². The molecule has 0 unspecified atom stereocenters. The molecule has 0 aliphatic heterocycles. The molecule has 242 valence electrons. The van der Waals surface area contributed by atoms with Gasteiger partial charge in [-0.1, -0.05) is 101 Å². The van der Waals surface area contributed by atoms with Gasteiger partial charge in [0.15, 0.2) is 16.6 Å². The summed E-state index contributed by atoms with van der Waals surface area (Å²) in [6, 6.07) is 0. The maximum absolute atomic E-state index is 14.0. The van der Waals surface area contributed by atoms with E-state index >= 15 is 0 Å². The van der Waals surface area contributed by atoms with E-state index in [1.165, 1.54) is 0 Å². The molecule has 0 aromatic rings. The van der Waals surface area contributed by atoms with Crippen molar-refractivity contribution in [2.45, 2.75) is 131 Å². The summed E-state index contributed by atoms with van der Waals surface area (Å²) in [7, 11) is -2.49. The van der Waals surface area contributed by atoms with E-state index in [9.17, 15) is 15.0 Å². The Bertz CT molecular complexity index is 846. The third-order valence-electron chi connectivity index (χ3n) is 9.85. The highest BCUT2D eigenvalue weighted by atomic mass is 28.4. The smallest absolute Gasteiger partial charge is 0.227 e. The van der Waals surface area contributed by atoms with Crippen LogP contribution in [0, 0.1) is 29.6 Å². The maximum atomic E-state index is 14.0. The molecule has 0 aromatic carbocycles. The summed E-state index contributed by atoms with van der Waals surface area (Å²) in [6.45, 7) is 36.4. The summed E-state index contributed by atoms with van der Waals surface area (Å²) in [6.07, 6.45) is 4.23. The molecule has 8 heteroatoms. The first kappa shape index (κ1) is 40.2. The summed E-state index contributed by atoms with van der Waals surface area (Å²) in [4.78, 5) is 15.8. The monoisotopic (exact) mass is 613 g/mol. The average Bonchev–Trinajstić information content (AvgIpc) is 2.85. The first-order valence-corrected chi connectivity index (χ1v) is 21.4. The second-order valence-corrected chi connectivity index (χ2v) is 25.2. The van der Waals surface area contributed by atoms with Gasteiger partial charge >= 0.3 is 0 Å². The summed E-state index contributed by atoms with van der Waals surface area (Å²) >= 11 is 0. The van der Waals surface area contributed by atoms with Gasteiger partial charge in [0, 0.05) is 38.0 Å². The standard InChI is InChI=1S/C33H67NO5Si2/c1-18-19-20-23(2)28(36)26(5)30(39-41(16,17)33(10,11)12)27(6)31(37)34(13)21-24(3)29(25(4)22-35)38-40(14,15)32(7,8)9/h18-20,23-30,35-36H,1,21-22H2,2-17H3/t23-,24-,25-,26+,27+,28-,29+,30-/m0/s1. The number of aliphatic hydroxyl groups is 2. The van der Waals surface area contributed by atoms with Crippen molar-refractivity contribution < 1.29 is 23.9 Å². The van der Waals surface area contributed by atoms with Gasteiger partial charge in [-0.3, -0.25) is 4.79 Å². The second kappa shape index (κ2) is 15.8. The minimum absolute atomic E-state index is 0.00313. The van der Waals surface area contributed by atoms with E-state index in [0.717, 1.165) is 0 Å². The molecular formula is C33H67NO5Si2. The highest BCUT2D eigenvalue weighted by Gasteiger charge is 2.45. The van der Waals surface area contributed by atoms with Gasteiger partial charge in [0.25, 0.3) is 0 Å². The van der Waals surface area contributed by atoms with Crippen molar-refractivity contribution in [2.75, 3.05) is 20.2 Å². The lowest BCUT2D eigenvalue weighted by Crippen LogP contribution is -2.53. The number of hydrogen-bond donors (Lipinski definition) is 2. The van der Waals surface area contributed by atoms with Crippen LogP contribution >= 0.6 is 0 Å². The highest BCUT2D eigenvalue weighted by Crippen LogP contribution is 2.41. The molecule has 0 saturated carbocycles. The predicted molar refractivity (Wildman–Crippen MR) is 180 cm³/mol. The maximum Gasteiger partial charge on any atom is 0.227 e. The number of carbonyl (C=O) groups excluding carboxylic acids is 1. The molecule has 0 aliphatic carbocycles. The van der Waals surface area contributed by atoms with E-state index in [2.05, 4.69) is 81.2 Å². The molecule has 0 fully saturated rings. The Morgan fingerprint density at radius 3 is 1.71 bits per heavy atom. The molecule has 1 amide bonds. The fourth-order valence-electron chi connectivity index (χ4n) is 4.75. The summed E-state index contributed by atoms with van der Waals surface area (Å²) in [5.74, 6) is -0.841. The van der Waals surface area contributed by atoms with Crippen LogP contribution in [0.3, 0.4) is 0 Å². The van der Waals surface area contributed by atoms with Gasteiger partial charge in [-0.15, -0.1) is 0 Å². The third-order valence-corrected chi connectivity index (χ3v) is 18.8. The third kappa shape index (κ3) is 11.3. The Labute approximate surface area is 256 Å².